The van der Waals surface area contributed by atoms with Crippen molar-refractivity contribution in [3.05, 3.63) is 65.7 Å². The maximum absolute atomic E-state index is 11.2. The Morgan fingerprint density at radius 2 is 1.67 bits per heavy atom. The molecule has 0 saturated carbocycles. The molecule has 0 fully saturated rings. The zero-order valence-corrected chi connectivity index (χ0v) is 9.58. The molecular formula is C15H11NO2. The van der Waals surface area contributed by atoms with Crippen molar-refractivity contribution in [1.29, 1.82) is 0 Å². The van der Waals surface area contributed by atoms with Gasteiger partial charge in [0.05, 0.1) is 5.69 Å². The minimum Gasteiger partial charge on any atom is -0.374 e. The third-order valence-electron chi connectivity index (χ3n) is 3.21. The Morgan fingerprint density at radius 1 is 1.00 bits per heavy atom. The van der Waals surface area contributed by atoms with Gasteiger partial charge in [0, 0.05) is 5.56 Å². The third kappa shape index (κ3) is 1.34. The van der Waals surface area contributed by atoms with Crippen molar-refractivity contribution in [2.24, 2.45) is 4.99 Å². The molecule has 3 nitrogen and oxygen atoms in total. The van der Waals surface area contributed by atoms with Gasteiger partial charge in [-0.1, -0.05) is 48.5 Å². The number of para-hydroxylation sites is 1. The van der Waals surface area contributed by atoms with Gasteiger partial charge in [0.2, 0.25) is 0 Å². The normalized spacial score (nSPS) is 21.3. The van der Waals surface area contributed by atoms with Gasteiger partial charge in [-0.3, -0.25) is 4.79 Å². The van der Waals surface area contributed by atoms with Crippen molar-refractivity contribution in [2.75, 3.05) is 0 Å². The lowest BCUT2D eigenvalue weighted by Crippen LogP contribution is -2.35. The second kappa shape index (κ2) is 3.89. The van der Waals surface area contributed by atoms with Crippen LogP contribution in [0.15, 0.2) is 59.6 Å². The number of rotatable bonds is 2. The Labute approximate surface area is 104 Å². The fourth-order valence-corrected chi connectivity index (χ4v) is 2.32. The van der Waals surface area contributed by atoms with Crippen LogP contribution < -0.4 is 0 Å². The predicted molar refractivity (Wildman–Crippen MR) is 69.0 cm³/mol. The van der Waals surface area contributed by atoms with Crippen LogP contribution in [0.25, 0.3) is 0 Å². The van der Waals surface area contributed by atoms with Crippen LogP contribution in [-0.4, -0.2) is 17.1 Å². The van der Waals surface area contributed by atoms with Gasteiger partial charge < -0.3 is 5.11 Å². The van der Waals surface area contributed by atoms with Gasteiger partial charge in [0.15, 0.2) is 11.9 Å². The fraction of sp³-hybridized carbons (Fsp3) is 0.0667. The number of benzene rings is 2. The second-order valence-corrected chi connectivity index (χ2v) is 4.21. The number of carbonyl (C=O) groups excluding carboxylic acids is 1. The standard InChI is InChI=1S/C15H11NO2/c17-10-14-15(18,11-6-2-1-3-7-11)12-8-4-5-9-13(12)16-14/h1-10,18H. The van der Waals surface area contributed by atoms with E-state index in [-0.39, 0.29) is 5.71 Å². The van der Waals surface area contributed by atoms with Crippen molar-refractivity contribution in [1.82, 2.24) is 0 Å². The molecule has 3 heteroatoms. The predicted octanol–water partition coefficient (Wildman–Crippen LogP) is 2.21. The molecule has 1 aliphatic heterocycles. The fourth-order valence-electron chi connectivity index (χ4n) is 2.32. The van der Waals surface area contributed by atoms with E-state index in [0.717, 1.165) is 0 Å². The molecule has 1 unspecified atom stereocenters. The lowest BCUT2D eigenvalue weighted by molar-refractivity contribution is -0.103. The molecule has 3 rings (SSSR count). The van der Waals surface area contributed by atoms with Crippen LogP contribution in [0.3, 0.4) is 0 Å². The van der Waals surface area contributed by atoms with Crippen LogP contribution in [0.1, 0.15) is 11.1 Å². The maximum atomic E-state index is 11.2. The van der Waals surface area contributed by atoms with Crippen molar-refractivity contribution >= 4 is 17.7 Å². The quantitative estimate of drug-likeness (QED) is 0.814. The van der Waals surface area contributed by atoms with Crippen molar-refractivity contribution in [2.45, 2.75) is 5.60 Å². The minimum atomic E-state index is -1.43. The molecule has 0 amide bonds. The van der Waals surface area contributed by atoms with E-state index in [1.165, 1.54) is 0 Å². The number of fused-ring (bicyclic) bond motifs is 1. The number of carbonyl (C=O) groups is 1. The maximum Gasteiger partial charge on any atom is 0.168 e. The number of aldehydes is 1. The van der Waals surface area contributed by atoms with E-state index in [4.69, 9.17) is 0 Å². The van der Waals surface area contributed by atoms with E-state index in [1.807, 2.05) is 30.3 Å². The first-order valence-corrected chi connectivity index (χ1v) is 5.68. The molecule has 1 N–H and O–H groups in total. The lowest BCUT2D eigenvalue weighted by Gasteiger charge is -2.24. The first-order valence-electron chi connectivity index (χ1n) is 5.68. The Balaban J connectivity index is 2.27. The molecule has 0 bridgehead atoms. The van der Waals surface area contributed by atoms with Crippen LogP contribution in [0, 0.1) is 0 Å². The zero-order valence-electron chi connectivity index (χ0n) is 9.58. The third-order valence-corrected chi connectivity index (χ3v) is 3.21. The molecular weight excluding hydrogens is 226 g/mol. The van der Waals surface area contributed by atoms with Crippen molar-refractivity contribution < 1.29 is 9.90 Å². The second-order valence-electron chi connectivity index (χ2n) is 4.21. The van der Waals surface area contributed by atoms with Crippen molar-refractivity contribution in [3.8, 4) is 0 Å². The molecule has 0 saturated heterocycles. The molecule has 2 aromatic rings. The van der Waals surface area contributed by atoms with E-state index in [9.17, 15) is 9.90 Å². The minimum absolute atomic E-state index is 0.134. The van der Waals surface area contributed by atoms with E-state index in [2.05, 4.69) is 4.99 Å². The van der Waals surface area contributed by atoms with Gasteiger partial charge in [-0.05, 0) is 11.6 Å². The molecule has 0 aliphatic carbocycles. The van der Waals surface area contributed by atoms with Gasteiger partial charge in [0.1, 0.15) is 5.71 Å². The first-order chi connectivity index (χ1) is 8.76. The van der Waals surface area contributed by atoms with E-state index >= 15 is 0 Å². The summed E-state index contributed by atoms with van der Waals surface area (Å²) in [6, 6.07) is 16.4. The number of nitrogens with zero attached hydrogens (tertiary/aromatic N) is 1. The molecule has 0 radical (unpaired) electrons. The number of aliphatic imine (C=N–C) groups is 1. The zero-order chi connectivity index (χ0) is 12.6. The van der Waals surface area contributed by atoms with Gasteiger partial charge >= 0.3 is 0 Å². The first kappa shape index (κ1) is 10.9. The lowest BCUT2D eigenvalue weighted by atomic mass is 9.84. The smallest absolute Gasteiger partial charge is 0.168 e. The SMILES string of the molecule is O=CC1=Nc2ccccc2C1(O)c1ccccc1. The monoisotopic (exact) mass is 237 g/mol. The summed E-state index contributed by atoms with van der Waals surface area (Å²) in [7, 11) is 0. The molecule has 0 aromatic heterocycles. The van der Waals surface area contributed by atoms with Crippen LogP contribution in [0.5, 0.6) is 0 Å². The summed E-state index contributed by atoms with van der Waals surface area (Å²) in [6.45, 7) is 0. The summed E-state index contributed by atoms with van der Waals surface area (Å²) >= 11 is 0. The number of hydrogen-bond donors (Lipinski definition) is 1. The Bertz CT molecular complexity index is 634. The van der Waals surface area contributed by atoms with Crippen LogP contribution >= 0.6 is 0 Å². The topological polar surface area (TPSA) is 49.7 Å². The Kier molecular flexibility index (Phi) is 2.35. The highest BCUT2D eigenvalue weighted by Crippen LogP contribution is 2.42. The van der Waals surface area contributed by atoms with Gasteiger partial charge in [-0.25, -0.2) is 4.99 Å². The Morgan fingerprint density at radius 3 is 2.39 bits per heavy atom. The van der Waals surface area contributed by atoms with Crippen LogP contribution in [-0.2, 0) is 10.4 Å². The average Bonchev–Trinajstić information content (AvgIpc) is 2.74. The molecule has 18 heavy (non-hydrogen) atoms. The van der Waals surface area contributed by atoms with Crippen LogP contribution in [0.2, 0.25) is 0 Å². The molecule has 2 aromatic carbocycles. The summed E-state index contributed by atoms with van der Waals surface area (Å²) in [5.41, 5.74) is 0.652. The van der Waals surface area contributed by atoms with E-state index in [0.29, 0.717) is 23.1 Å². The molecule has 1 atom stereocenters. The summed E-state index contributed by atoms with van der Waals surface area (Å²) in [6.07, 6.45) is 0.618. The summed E-state index contributed by atoms with van der Waals surface area (Å²) < 4.78 is 0. The largest absolute Gasteiger partial charge is 0.374 e. The van der Waals surface area contributed by atoms with E-state index < -0.39 is 5.60 Å². The molecule has 88 valence electrons. The Hall–Kier alpha value is -2.26. The van der Waals surface area contributed by atoms with Gasteiger partial charge in [-0.15, -0.1) is 0 Å². The highest BCUT2D eigenvalue weighted by atomic mass is 16.3. The highest BCUT2D eigenvalue weighted by molar-refractivity contribution is 6.35. The number of aliphatic hydroxyl groups is 1. The number of hydrogen-bond acceptors (Lipinski definition) is 3. The molecule has 1 heterocycles. The van der Waals surface area contributed by atoms with Crippen LogP contribution in [0.4, 0.5) is 5.69 Å². The highest BCUT2D eigenvalue weighted by Gasteiger charge is 2.42. The summed E-state index contributed by atoms with van der Waals surface area (Å²) in [5, 5.41) is 10.9. The van der Waals surface area contributed by atoms with Gasteiger partial charge in [0.25, 0.3) is 0 Å². The molecule has 1 aliphatic rings. The average molecular weight is 237 g/mol. The van der Waals surface area contributed by atoms with Gasteiger partial charge in [-0.2, -0.15) is 0 Å². The van der Waals surface area contributed by atoms with Crippen molar-refractivity contribution in [3.63, 3.8) is 0 Å². The summed E-state index contributed by atoms with van der Waals surface area (Å²) in [5.74, 6) is 0. The van der Waals surface area contributed by atoms with E-state index in [1.54, 1.807) is 24.3 Å². The molecule has 0 spiro atoms. The summed E-state index contributed by atoms with van der Waals surface area (Å²) in [4.78, 5) is 15.4.